The van der Waals surface area contributed by atoms with Crippen molar-refractivity contribution in [2.75, 3.05) is 6.61 Å². The molecular weight excluding hydrogens is 296 g/mol. The zero-order chi connectivity index (χ0) is 16.8. The fraction of sp³-hybridized carbons (Fsp3) is 0.500. The molecule has 1 amide bonds. The van der Waals surface area contributed by atoms with Gasteiger partial charge >= 0.3 is 0 Å². The van der Waals surface area contributed by atoms with Gasteiger partial charge in [0.05, 0.1) is 37.7 Å². The average Bonchev–Trinajstić information content (AvgIpc) is 3.13. The highest BCUT2D eigenvalue weighted by Gasteiger charge is 2.16. The highest BCUT2D eigenvalue weighted by atomic mass is 16.3. The summed E-state index contributed by atoms with van der Waals surface area (Å²) in [5.74, 6) is 0.641. The number of hydrogen-bond donors (Lipinski definition) is 3. The van der Waals surface area contributed by atoms with Crippen molar-refractivity contribution in [2.45, 2.75) is 46.4 Å². The Kier molecular flexibility index (Phi) is 5.95. The first-order valence-electron chi connectivity index (χ1n) is 7.70. The Labute approximate surface area is 135 Å². The number of aliphatic hydroxyl groups is 1. The van der Waals surface area contributed by atoms with Crippen LogP contribution in [0.1, 0.15) is 29.6 Å². The Balaban J connectivity index is 1.86. The molecule has 0 aromatic carbocycles. The van der Waals surface area contributed by atoms with Crippen LogP contribution in [0.4, 0.5) is 0 Å². The topological polar surface area (TPSA) is 92.3 Å². The summed E-state index contributed by atoms with van der Waals surface area (Å²) in [5.41, 5.74) is 2.98. The average molecular weight is 320 g/mol. The monoisotopic (exact) mass is 320 g/mol. The highest BCUT2D eigenvalue weighted by Crippen LogP contribution is 2.12. The number of nitrogens with zero attached hydrogens (tertiary/aromatic N) is 2. The van der Waals surface area contributed by atoms with Gasteiger partial charge in [0.1, 0.15) is 5.76 Å². The van der Waals surface area contributed by atoms with Crippen molar-refractivity contribution in [3.8, 4) is 0 Å². The fourth-order valence-corrected chi connectivity index (χ4v) is 2.39. The van der Waals surface area contributed by atoms with Crippen LogP contribution in [0.5, 0.6) is 0 Å². The van der Waals surface area contributed by atoms with Crippen LogP contribution in [0, 0.1) is 13.8 Å². The summed E-state index contributed by atoms with van der Waals surface area (Å²) in [4.78, 5) is 12.1. The van der Waals surface area contributed by atoms with Gasteiger partial charge in [-0.2, -0.15) is 5.10 Å². The van der Waals surface area contributed by atoms with E-state index in [1.54, 1.807) is 17.0 Å². The maximum absolute atomic E-state index is 12.1. The van der Waals surface area contributed by atoms with Crippen LogP contribution in [-0.4, -0.2) is 33.4 Å². The molecular formula is C16H24N4O3. The van der Waals surface area contributed by atoms with Crippen molar-refractivity contribution < 1.29 is 14.3 Å². The zero-order valence-electron chi connectivity index (χ0n) is 13.8. The molecule has 0 bridgehead atoms. The van der Waals surface area contributed by atoms with E-state index >= 15 is 0 Å². The molecule has 7 heteroatoms. The first-order valence-corrected chi connectivity index (χ1v) is 7.70. The maximum atomic E-state index is 12.1. The van der Waals surface area contributed by atoms with Gasteiger partial charge in [-0.25, -0.2) is 0 Å². The van der Waals surface area contributed by atoms with Crippen LogP contribution in [0.2, 0.25) is 0 Å². The first-order chi connectivity index (χ1) is 11.0. The van der Waals surface area contributed by atoms with Gasteiger partial charge in [0, 0.05) is 17.8 Å². The minimum absolute atomic E-state index is 0.0560. The summed E-state index contributed by atoms with van der Waals surface area (Å²) < 4.78 is 6.97. The Hall–Kier alpha value is -2.12. The van der Waals surface area contributed by atoms with E-state index in [1.807, 2.05) is 26.8 Å². The van der Waals surface area contributed by atoms with E-state index in [-0.39, 0.29) is 18.6 Å². The van der Waals surface area contributed by atoms with Crippen LogP contribution in [-0.2, 0) is 24.4 Å². The molecule has 2 aromatic heterocycles. The smallest absolute Gasteiger partial charge is 0.237 e. The SMILES string of the molecule is Cc1nn(CCO)c(C)c1CNC(C)C(=O)NCc1ccco1. The van der Waals surface area contributed by atoms with Crippen LogP contribution >= 0.6 is 0 Å². The Morgan fingerprint density at radius 1 is 1.43 bits per heavy atom. The lowest BCUT2D eigenvalue weighted by Crippen LogP contribution is -2.41. The largest absolute Gasteiger partial charge is 0.467 e. The van der Waals surface area contributed by atoms with E-state index in [4.69, 9.17) is 9.52 Å². The van der Waals surface area contributed by atoms with Gasteiger partial charge in [-0.05, 0) is 32.9 Å². The predicted octanol–water partition coefficient (Wildman–Crippen LogP) is 0.880. The maximum Gasteiger partial charge on any atom is 0.237 e. The van der Waals surface area contributed by atoms with Gasteiger partial charge in [-0.15, -0.1) is 0 Å². The summed E-state index contributed by atoms with van der Waals surface area (Å²) in [7, 11) is 0. The molecule has 1 atom stereocenters. The second kappa shape index (κ2) is 7.94. The quantitative estimate of drug-likeness (QED) is 0.671. The molecule has 7 nitrogen and oxygen atoms in total. The second-order valence-electron chi connectivity index (χ2n) is 5.50. The number of hydrogen-bond acceptors (Lipinski definition) is 5. The minimum atomic E-state index is -0.329. The van der Waals surface area contributed by atoms with Gasteiger partial charge < -0.3 is 20.2 Å². The molecule has 2 aromatic rings. The molecule has 2 heterocycles. The number of aliphatic hydroxyl groups excluding tert-OH is 1. The van der Waals surface area contributed by atoms with E-state index in [9.17, 15) is 4.79 Å². The molecule has 126 valence electrons. The Morgan fingerprint density at radius 2 is 2.22 bits per heavy atom. The Morgan fingerprint density at radius 3 is 2.87 bits per heavy atom. The number of furan rings is 1. The summed E-state index contributed by atoms with van der Waals surface area (Å²) in [5, 5.41) is 19.5. The van der Waals surface area contributed by atoms with Crippen molar-refractivity contribution in [2.24, 2.45) is 0 Å². The summed E-state index contributed by atoms with van der Waals surface area (Å²) >= 11 is 0. The second-order valence-corrected chi connectivity index (χ2v) is 5.50. The van der Waals surface area contributed by atoms with E-state index < -0.39 is 0 Å². The normalized spacial score (nSPS) is 12.3. The van der Waals surface area contributed by atoms with Crippen LogP contribution in [0.3, 0.4) is 0 Å². The molecule has 0 spiro atoms. The van der Waals surface area contributed by atoms with Gasteiger partial charge in [-0.3, -0.25) is 9.48 Å². The zero-order valence-corrected chi connectivity index (χ0v) is 13.8. The molecule has 3 N–H and O–H groups in total. The van der Waals surface area contributed by atoms with Gasteiger partial charge in [0.15, 0.2) is 0 Å². The Bertz CT molecular complexity index is 634. The number of rotatable bonds is 8. The molecule has 0 fully saturated rings. The number of amides is 1. The third-order valence-corrected chi connectivity index (χ3v) is 3.84. The van der Waals surface area contributed by atoms with Crippen molar-refractivity contribution >= 4 is 5.91 Å². The van der Waals surface area contributed by atoms with E-state index in [0.29, 0.717) is 19.6 Å². The third-order valence-electron chi connectivity index (χ3n) is 3.84. The van der Waals surface area contributed by atoms with E-state index in [0.717, 1.165) is 22.7 Å². The van der Waals surface area contributed by atoms with Crippen molar-refractivity contribution in [3.63, 3.8) is 0 Å². The summed E-state index contributed by atoms with van der Waals surface area (Å²) in [6, 6.07) is 3.28. The molecule has 2 rings (SSSR count). The van der Waals surface area contributed by atoms with Crippen molar-refractivity contribution in [1.82, 2.24) is 20.4 Å². The molecule has 0 aliphatic rings. The number of carbonyl (C=O) groups is 1. The molecule has 0 radical (unpaired) electrons. The van der Waals surface area contributed by atoms with Crippen LogP contribution in [0.15, 0.2) is 22.8 Å². The van der Waals surface area contributed by atoms with Crippen molar-refractivity contribution in [1.29, 1.82) is 0 Å². The molecule has 0 aliphatic carbocycles. The van der Waals surface area contributed by atoms with Crippen LogP contribution in [0.25, 0.3) is 0 Å². The van der Waals surface area contributed by atoms with E-state index in [1.165, 1.54) is 0 Å². The molecule has 1 unspecified atom stereocenters. The van der Waals surface area contributed by atoms with Crippen LogP contribution < -0.4 is 10.6 Å². The number of aryl methyl sites for hydroxylation is 1. The number of nitrogens with one attached hydrogen (secondary N) is 2. The molecule has 0 aliphatic heterocycles. The summed E-state index contributed by atoms with van der Waals surface area (Å²) in [6.07, 6.45) is 1.58. The first kappa shape index (κ1) is 17.2. The standard InChI is InChI=1S/C16H24N4O3/c1-11-15(13(3)20(19-11)6-7-21)10-17-12(2)16(22)18-9-14-5-4-8-23-14/h4-5,8,12,17,21H,6-7,9-10H2,1-3H3,(H,18,22). The minimum Gasteiger partial charge on any atom is -0.467 e. The molecule has 0 saturated carbocycles. The fourth-order valence-electron chi connectivity index (χ4n) is 2.39. The molecule has 0 saturated heterocycles. The van der Waals surface area contributed by atoms with E-state index in [2.05, 4.69) is 15.7 Å². The number of aromatic nitrogens is 2. The lowest BCUT2D eigenvalue weighted by atomic mass is 10.2. The predicted molar refractivity (Wildman–Crippen MR) is 85.6 cm³/mol. The lowest BCUT2D eigenvalue weighted by Gasteiger charge is -2.14. The summed E-state index contributed by atoms with van der Waals surface area (Å²) in [6.45, 7) is 7.18. The third kappa shape index (κ3) is 4.43. The van der Waals surface area contributed by atoms with Gasteiger partial charge in [0.25, 0.3) is 0 Å². The van der Waals surface area contributed by atoms with Crippen molar-refractivity contribution in [3.05, 3.63) is 41.1 Å². The number of carbonyl (C=O) groups excluding carboxylic acids is 1. The van der Waals surface area contributed by atoms with Gasteiger partial charge in [-0.1, -0.05) is 0 Å². The molecule has 23 heavy (non-hydrogen) atoms. The highest BCUT2D eigenvalue weighted by molar-refractivity contribution is 5.81. The lowest BCUT2D eigenvalue weighted by molar-refractivity contribution is -0.123. The van der Waals surface area contributed by atoms with Gasteiger partial charge in [0.2, 0.25) is 5.91 Å².